The molecule has 0 amide bonds. The highest BCUT2D eigenvalue weighted by Crippen LogP contribution is 2.29. The maximum atomic E-state index is 6.04. The summed E-state index contributed by atoms with van der Waals surface area (Å²) < 4.78 is 0. The summed E-state index contributed by atoms with van der Waals surface area (Å²) in [6.07, 6.45) is 7.10. The zero-order valence-electron chi connectivity index (χ0n) is 11.2. The molecule has 1 aliphatic heterocycles. The molecule has 100 valence electrons. The van der Waals surface area contributed by atoms with Gasteiger partial charge in [-0.15, -0.1) is 0 Å². The van der Waals surface area contributed by atoms with Crippen molar-refractivity contribution in [2.24, 2.45) is 4.99 Å². The Morgan fingerprint density at radius 1 is 1.47 bits per heavy atom. The van der Waals surface area contributed by atoms with E-state index in [4.69, 9.17) is 11.6 Å². The first-order valence-electron chi connectivity index (χ1n) is 6.20. The third kappa shape index (κ3) is 3.20. The van der Waals surface area contributed by atoms with Gasteiger partial charge in [0.15, 0.2) is 5.15 Å². The molecule has 1 saturated heterocycles. The molecule has 0 spiro atoms. The molecule has 2 rings (SSSR count). The molecule has 2 heterocycles. The average molecular weight is 277 g/mol. The van der Waals surface area contributed by atoms with E-state index in [0.29, 0.717) is 11.1 Å². The highest BCUT2D eigenvalue weighted by Gasteiger charge is 2.31. The molecular formula is C14H17ClN4. The predicted octanol–water partition coefficient (Wildman–Crippen LogP) is 3.04. The Morgan fingerprint density at radius 2 is 2.16 bits per heavy atom. The van der Waals surface area contributed by atoms with Crippen molar-refractivity contribution in [1.82, 2.24) is 14.9 Å². The number of hydrogen-bond donors (Lipinski definition) is 0. The zero-order chi connectivity index (χ0) is 13.8. The number of likely N-dealkylation sites (tertiary alicyclic amines) is 1. The van der Waals surface area contributed by atoms with E-state index < -0.39 is 0 Å². The van der Waals surface area contributed by atoms with Crippen LogP contribution >= 0.6 is 11.6 Å². The van der Waals surface area contributed by atoms with E-state index in [2.05, 4.69) is 26.4 Å². The molecule has 0 aliphatic carbocycles. The largest absolute Gasteiger partial charge is 0.359 e. The Kier molecular flexibility index (Phi) is 4.32. The summed E-state index contributed by atoms with van der Waals surface area (Å²) in [4.78, 5) is 15.0. The molecule has 1 aromatic rings. The molecule has 0 aromatic carbocycles. The van der Waals surface area contributed by atoms with Gasteiger partial charge in [-0.05, 0) is 19.9 Å². The molecule has 0 radical (unpaired) electrons. The Balaban J connectivity index is 1.97. The van der Waals surface area contributed by atoms with E-state index in [-0.39, 0.29) is 0 Å². The first-order chi connectivity index (χ1) is 9.11. The van der Waals surface area contributed by atoms with Crippen LogP contribution in [0.5, 0.6) is 0 Å². The third-order valence-corrected chi connectivity index (χ3v) is 3.36. The molecule has 0 unspecified atom stereocenters. The van der Waals surface area contributed by atoms with Crippen molar-refractivity contribution in [2.75, 3.05) is 13.1 Å². The summed E-state index contributed by atoms with van der Waals surface area (Å²) in [6, 6.07) is 0. The second-order valence-electron chi connectivity index (χ2n) is 4.48. The van der Waals surface area contributed by atoms with Gasteiger partial charge in [0.25, 0.3) is 0 Å². The first-order valence-corrected chi connectivity index (χ1v) is 6.58. The number of hydrogen-bond acceptors (Lipinski definition) is 3. The fourth-order valence-corrected chi connectivity index (χ4v) is 2.29. The summed E-state index contributed by atoms with van der Waals surface area (Å²) in [5, 5.41) is 0.500. The summed E-state index contributed by atoms with van der Waals surface area (Å²) in [5.74, 6) is 1.31. The van der Waals surface area contributed by atoms with E-state index in [1.807, 2.05) is 26.0 Å². The van der Waals surface area contributed by atoms with Crippen molar-refractivity contribution in [3.05, 3.63) is 47.7 Å². The van der Waals surface area contributed by atoms with Gasteiger partial charge in [0, 0.05) is 31.4 Å². The van der Waals surface area contributed by atoms with Crippen LogP contribution in [-0.4, -0.2) is 33.8 Å². The van der Waals surface area contributed by atoms with Crippen LogP contribution in [0.1, 0.15) is 25.5 Å². The molecule has 1 fully saturated rings. The maximum Gasteiger partial charge on any atom is 0.150 e. The summed E-state index contributed by atoms with van der Waals surface area (Å²) in [5.41, 5.74) is 1.64. The second kappa shape index (κ2) is 5.97. The minimum absolute atomic E-state index is 0.335. The smallest absolute Gasteiger partial charge is 0.150 e. The van der Waals surface area contributed by atoms with Crippen molar-refractivity contribution in [1.29, 1.82) is 0 Å². The van der Waals surface area contributed by atoms with E-state index in [1.165, 1.54) is 0 Å². The number of nitrogens with zero attached hydrogens (tertiary/aromatic N) is 4. The predicted molar refractivity (Wildman–Crippen MR) is 78.4 cm³/mol. The number of rotatable bonds is 3. The number of amidine groups is 1. The van der Waals surface area contributed by atoms with E-state index >= 15 is 0 Å². The van der Waals surface area contributed by atoms with Crippen LogP contribution in [0.3, 0.4) is 0 Å². The number of aromatic nitrogens is 2. The highest BCUT2D eigenvalue weighted by molar-refractivity contribution is 6.30. The van der Waals surface area contributed by atoms with Crippen molar-refractivity contribution in [2.45, 2.75) is 19.8 Å². The second-order valence-corrected chi connectivity index (χ2v) is 4.84. The fraction of sp³-hybridized carbons (Fsp3) is 0.357. The first kappa shape index (κ1) is 13.7. The van der Waals surface area contributed by atoms with Crippen LogP contribution in [0.2, 0.25) is 5.15 Å². The molecule has 1 aromatic heterocycles. The van der Waals surface area contributed by atoms with Gasteiger partial charge in [-0.1, -0.05) is 24.3 Å². The van der Waals surface area contributed by atoms with Crippen molar-refractivity contribution < 1.29 is 0 Å². The third-order valence-electron chi connectivity index (χ3n) is 3.07. The summed E-state index contributed by atoms with van der Waals surface area (Å²) in [6.45, 7) is 9.56. The normalized spacial score (nSPS) is 16.8. The molecule has 4 nitrogen and oxygen atoms in total. The van der Waals surface area contributed by atoms with Gasteiger partial charge in [0.2, 0.25) is 0 Å². The van der Waals surface area contributed by atoms with Crippen molar-refractivity contribution >= 4 is 17.4 Å². The lowest BCUT2D eigenvalue weighted by Crippen LogP contribution is -2.48. The van der Waals surface area contributed by atoms with Gasteiger partial charge in [0.05, 0.1) is 11.4 Å². The average Bonchev–Trinajstić information content (AvgIpc) is 2.29. The SMILES string of the molecule is C=C(C=CC)N=C(C)N1CC(c2nccnc2Cl)C1. The molecular weight excluding hydrogens is 260 g/mol. The van der Waals surface area contributed by atoms with Crippen LogP contribution in [0, 0.1) is 0 Å². The van der Waals surface area contributed by atoms with Crippen LogP contribution < -0.4 is 0 Å². The summed E-state index contributed by atoms with van der Waals surface area (Å²) >= 11 is 6.04. The fourth-order valence-electron chi connectivity index (χ4n) is 2.03. The monoisotopic (exact) mass is 276 g/mol. The zero-order valence-corrected chi connectivity index (χ0v) is 11.9. The Hall–Kier alpha value is -1.68. The van der Waals surface area contributed by atoms with Gasteiger partial charge in [-0.2, -0.15) is 0 Å². The van der Waals surface area contributed by atoms with Gasteiger partial charge in [-0.3, -0.25) is 4.98 Å². The molecule has 5 heteroatoms. The molecule has 0 bridgehead atoms. The van der Waals surface area contributed by atoms with E-state index in [1.54, 1.807) is 12.4 Å². The lowest BCUT2D eigenvalue weighted by atomic mass is 9.96. The topological polar surface area (TPSA) is 41.4 Å². The molecule has 0 N–H and O–H groups in total. The van der Waals surface area contributed by atoms with Crippen LogP contribution in [0.4, 0.5) is 0 Å². The molecule has 1 aliphatic rings. The van der Waals surface area contributed by atoms with E-state index in [0.717, 1.165) is 30.3 Å². The molecule has 19 heavy (non-hydrogen) atoms. The minimum Gasteiger partial charge on any atom is -0.359 e. The summed E-state index contributed by atoms with van der Waals surface area (Å²) in [7, 11) is 0. The van der Waals surface area contributed by atoms with Crippen molar-refractivity contribution in [3.63, 3.8) is 0 Å². The Bertz CT molecular complexity index is 530. The Morgan fingerprint density at radius 3 is 2.79 bits per heavy atom. The number of halogens is 1. The maximum absolute atomic E-state index is 6.04. The van der Waals surface area contributed by atoms with Gasteiger partial charge < -0.3 is 4.90 Å². The van der Waals surface area contributed by atoms with Crippen LogP contribution in [-0.2, 0) is 0 Å². The van der Waals surface area contributed by atoms with Gasteiger partial charge in [0.1, 0.15) is 5.84 Å². The number of aliphatic imine (C=N–C) groups is 1. The standard InChI is InChI=1S/C14H17ClN4/c1-4-5-10(2)18-11(3)19-8-12(9-19)13-14(15)17-7-6-16-13/h4-7,12H,2,8-9H2,1,3H3. The van der Waals surface area contributed by atoms with Gasteiger partial charge in [-0.25, -0.2) is 9.98 Å². The lowest BCUT2D eigenvalue weighted by Gasteiger charge is -2.40. The Labute approximate surface area is 118 Å². The number of allylic oxidation sites excluding steroid dienone is 2. The minimum atomic E-state index is 0.335. The van der Waals surface area contributed by atoms with E-state index in [9.17, 15) is 0 Å². The van der Waals surface area contributed by atoms with Crippen LogP contribution in [0.15, 0.2) is 41.8 Å². The van der Waals surface area contributed by atoms with Crippen molar-refractivity contribution in [3.8, 4) is 0 Å². The van der Waals surface area contributed by atoms with Crippen LogP contribution in [0.25, 0.3) is 0 Å². The molecule has 0 saturated carbocycles. The molecule has 0 atom stereocenters. The lowest BCUT2D eigenvalue weighted by molar-refractivity contribution is 0.246. The quantitative estimate of drug-likeness (QED) is 0.484. The highest BCUT2D eigenvalue weighted by atomic mass is 35.5. The van der Waals surface area contributed by atoms with Gasteiger partial charge >= 0.3 is 0 Å².